The Kier molecular flexibility index (Phi) is 9.31. The predicted octanol–water partition coefficient (Wildman–Crippen LogP) is 0.445. The molecule has 0 saturated carbocycles. The molecular weight excluding hydrogens is 283 g/mol. The molecule has 0 aromatic heterocycles. The van der Waals surface area contributed by atoms with Gasteiger partial charge in [0.1, 0.15) is 0 Å². The second-order valence-corrected chi connectivity index (χ2v) is 5.05. The van der Waals surface area contributed by atoms with Crippen LogP contribution in [0.2, 0.25) is 0 Å². The van der Waals surface area contributed by atoms with E-state index in [1.165, 1.54) is 6.07 Å². The van der Waals surface area contributed by atoms with E-state index in [2.05, 4.69) is 0 Å². The van der Waals surface area contributed by atoms with E-state index in [-0.39, 0.29) is 74.9 Å². The van der Waals surface area contributed by atoms with Crippen LogP contribution in [0.1, 0.15) is 12.8 Å². The van der Waals surface area contributed by atoms with Crippen LogP contribution in [0.5, 0.6) is 5.75 Å². The van der Waals surface area contributed by atoms with Crippen LogP contribution in [0.3, 0.4) is 0 Å². The molecule has 0 unspecified atom stereocenters. The Morgan fingerprint density at radius 3 is 2.44 bits per heavy atom. The molecule has 0 atom stereocenters. The van der Waals surface area contributed by atoms with E-state index >= 15 is 0 Å². The number of hydrogen-bond acceptors (Lipinski definition) is 4. The van der Waals surface area contributed by atoms with Crippen molar-refractivity contribution in [2.75, 3.05) is 12.4 Å². The summed E-state index contributed by atoms with van der Waals surface area (Å²) in [4.78, 5) is 11.4. The summed E-state index contributed by atoms with van der Waals surface area (Å²) < 4.78 is 34.6. The topological polar surface area (TPSA) is 80.7 Å². The Balaban J connectivity index is 0.00000289. The van der Waals surface area contributed by atoms with Crippen LogP contribution in [0.4, 0.5) is 0 Å². The van der Waals surface area contributed by atoms with Gasteiger partial charge >= 0.3 is 51.4 Å². The Hall–Kier alpha value is 0.236. The molecule has 0 aliphatic rings. The Bertz CT molecular complexity index is 515. The summed E-state index contributed by atoms with van der Waals surface area (Å²) in [7, 11) is -3.91. The van der Waals surface area contributed by atoms with Crippen LogP contribution in [0, 0.1) is 0 Å². The van der Waals surface area contributed by atoms with Crippen molar-refractivity contribution in [3.63, 3.8) is 0 Å². The standard InChI is InChI=1S/C11H14O5S.K.H/c12-10-6-2-1-3-7-11(10)16-8-4-5-9-17(13,14)15;;/h1-3,6-7H,4-5,8-9H2,(H,13,14,15);;. The summed E-state index contributed by atoms with van der Waals surface area (Å²) in [5.74, 6) is -0.0507. The molecule has 7 heteroatoms. The van der Waals surface area contributed by atoms with E-state index in [0.717, 1.165) is 0 Å². The van der Waals surface area contributed by atoms with Gasteiger partial charge in [0.25, 0.3) is 10.1 Å². The normalized spacial score (nSPS) is 10.5. The maximum absolute atomic E-state index is 11.4. The van der Waals surface area contributed by atoms with Crippen LogP contribution in [0.15, 0.2) is 35.1 Å². The summed E-state index contributed by atoms with van der Waals surface area (Å²) in [6.45, 7) is 0.245. The van der Waals surface area contributed by atoms with E-state index in [4.69, 9.17) is 9.29 Å². The summed E-state index contributed by atoms with van der Waals surface area (Å²) >= 11 is 0. The van der Waals surface area contributed by atoms with Crippen molar-refractivity contribution < 1.29 is 17.7 Å². The quantitative estimate of drug-likeness (QED) is 0.468. The van der Waals surface area contributed by atoms with Gasteiger partial charge in [-0.2, -0.15) is 8.42 Å². The molecule has 18 heavy (non-hydrogen) atoms. The molecule has 0 saturated heterocycles. The van der Waals surface area contributed by atoms with Crippen molar-refractivity contribution >= 4 is 61.5 Å². The Morgan fingerprint density at radius 2 is 1.78 bits per heavy atom. The first-order chi connectivity index (χ1) is 7.99. The maximum atomic E-state index is 11.4. The van der Waals surface area contributed by atoms with E-state index in [1.807, 2.05) is 0 Å². The van der Waals surface area contributed by atoms with Gasteiger partial charge in [-0.3, -0.25) is 9.35 Å². The monoisotopic (exact) mass is 298 g/mol. The van der Waals surface area contributed by atoms with Gasteiger partial charge in [-0.1, -0.05) is 18.2 Å². The van der Waals surface area contributed by atoms with Crippen molar-refractivity contribution in [3.8, 4) is 5.75 Å². The van der Waals surface area contributed by atoms with Gasteiger partial charge in [-0.25, -0.2) is 0 Å². The molecule has 0 radical (unpaired) electrons. The Morgan fingerprint density at radius 1 is 1.11 bits per heavy atom. The molecule has 1 aromatic rings. The van der Waals surface area contributed by atoms with Gasteiger partial charge < -0.3 is 4.74 Å². The predicted molar refractivity (Wildman–Crippen MR) is 71.0 cm³/mol. The van der Waals surface area contributed by atoms with Crippen LogP contribution in [0.25, 0.3) is 0 Å². The molecule has 1 rings (SSSR count). The SMILES string of the molecule is O=c1cccccc1OCCCCS(=O)(=O)O.[KH]. The fourth-order valence-electron chi connectivity index (χ4n) is 1.20. The van der Waals surface area contributed by atoms with E-state index in [1.54, 1.807) is 24.3 Å². The van der Waals surface area contributed by atoms with Gasteiger partial charge in [-0.05, 0) is 25.0 Å². The molecule has 96 valence electrons. The fourth-order valence-corrected chi connectivity index (χ4v) is 1.77. The van der Waals surface area contributed by atoms with Crippen molar-refractivity contribution in [1.29, 1.82) is 0 Å². The molecular formula is C11H15KO5S. The molecule has 0 bridgehead atoms. The van der Waals surface area contributed by atoms with Crippen molar-refractivity contribution in [2.45, 2.75) is 12.8 Å². The minimum absolute atomic E-state index is 0. The van der Waals surface area contributed by atoms with Crippen molar-refractivity contribution in [2.24, 2.45) is 0 Å². The summed E-state index contributed by atoms with van der Waals surface area (Å²) in [5, 5.41) is 0. The van der Waals surface area contributed by atoms with Gasteiger partial charge in [0.2, 0.25) is 5.43 Å². The molecule has 1 aromatic carbocycles. The fraction of sp³-hybridized carbons (Fsp3) is 0.364. The van der Waals surface area contributed by atoms with Crippen molar-refractivity contribution in [1.82, 2.24) is 0 Å². The first-order valence-corrected chi connectivity index (χ1v) is 6.77. The molecule has 1 N–H and O–H groups in total. The molecule has 0 spiro atoms. The molecule has 0 fully saturated rings. The average Bonchev–Trinajstić information content (AvgIpc) is 2.42. The average molecular weight is 298 g/mol. The molecule has 0 aliphatic heterocycles. The third-order valence-corrected chi connectivity index (χ3v) is 2.82. The second kappa shape index (κ2) is 9.19. The zero-order valence-electron chi connectivity index (χ0n) is 9.20. The first-order valence-electron chi connectivity index (χ1n) is 5.16. The van der Waals surface area contributed by atoms with Gasteiger partial charge in [0.05, 0.1) is 12.4 Å². The van der Waals surface area contributed by atoms with Gasteiger partial charge in [0.15, 0.2) is 5.75 Å². The van der Waals surface area contributed by atoms with E-state index in [0.29, 0.717) is 12.8 Å². The number of unbranched alkanes of at least 4 members (excludes halogenated alkanes) is 1. The van der Waals surface area contributed by atoms with Gasteiger partial charge in [0, 0.05) is 0 Å². The van der Waals surface area contributed by atoms with Gasteiger partial charge in [-0.15, -0.1) is 0 Å². The molecule has 0 heterocycles. The third-order valence-electron chi connectivity index (χ3n) is 2.01. The van der Waals surface area contributed by atoms with Crippen LogP contribution in [-0.4, -0.2) is 76.7 Å². The molecule has 5 nitrogen and oxygen atoms in total. The van der Waals surface area contributed by atoms with E-state index < -0.39 is 10.1 Å². The zero-order chi connectivity index (χ0) is 12.7. The van der Waals surface area contributed by atoms with Crippen LogP contribution < -0.4 is 10.2 Å². The summed E-state index contributed by atoms with van der Waals surface area (Å²) in [6.07, 6.45) is 0.754. The minimum atomic E-state index is -3.91. The molecule has 0 amide bonds. The second-order valence-electron chi connectivity index (χ2n) is 3.48. The number of hydrogen-bond donors (Lipinski definition) is 1. The third kappa shape index (κ3) is 8.36. The van der Waals surface area contributed by atoms with Crippen LogP contribution >= 0.6 is 0 Å². The first kappa shape index (κ1) is 18.2. The van der Waals surface area contributed by atoms with E-state index in [9.17, 15) is 13.2 Å². The van der Waals surface area contributed by atoms with Crippen LogP contribution in [-0.2, 0) is 10.1 Å². The molecule has 0 aliphatic carbocycles. The zero-order valence-corrected chi connectivity index (χ0v) is 10.0. The summed E-state index contributed by atoms with van der Waals surface area (Å²) in [5.41, 5.74) is -0.218. The summed E-state index contributed by atoms with van der Waals surface area (Å²) in [6, 6.07) is 7.98. The Labute approximate surface area is 149 Å². The number of rotatable bonds is 6. The van der Waals surface area contributed by atoms with Crippen molar-refractivity contribution in [3.05, 3.63) is 40.6 Å². The number of ether oxygens (including phenoxy) is 1.